The van der Waals surface area contributed by atoms with Gasteiger partial charge in [-0.05, 0) is 0 Å². The van der Waals surface area contributed by atoms with Crippen LogP contribution in [0.2, 0.25) is 0 Å². The average Bonchev–Trinajstić information content (AvgIpc) is 2.95. The zero-order valence-corrected chi connectivity index (χ0v) is 10.1. The molecule has 9 heteroatoms. The van der Waals surface area contributed by atoms with Gasteiger partial charge in [0.1, 0.15) is 6.54 Å². The van der Waals surface area contributed by atoms with Crippen molar-refractivity contribution in [3.05, 3.63) is 11.9 Å². The molecule has 1 aromatic rings. The second kappa shape index (κ2) is 5.46. The Balaban J connectivity index is 1.90. The molecule has 1 aromatic heterocycles. The van der Waals surface area contributed by atoms with Crippen molar-refractivity contribution in [3.63, 3.8) is 0 Å². The summed E-state index contributed by atoms with van der Waals surface area (Å²) in [5, 5.41) is 18.6. The molecule has 0 bridgehead atoms. The molecule has 0 atom stereocenters. The highest BCUT2D eigenvalue weighted by atomic mass is 16.4. The molecule has 0 radical (unpaired) electrons. The number of aliphatic carboxylic acids is 1. The van der Waals surface area contributed by atoms with Gasteiger partial charge in [-0.25, -0.2) is 9.48 Å². The lowest BCUT2D eigenvalue weighted by Gasteiger charge is -2.11. The number of hydrogen-bond donors (Lipinski definition) is 2. The third-order valence-corrected chi connectivity index (χ3v) is 2.64. The van der Waals surface area contributed by atoms with Crippen molar-refractivity contribution in [2.45, 2.75) is 19.4 Å². The summed E-state index contributed by atoms with van der Waals surface area (Å²) in [5.41, 5.74) is 0.501. The van der Waals surface area contributed by atoms with E-state index in [9.17, 15) is 14.4 Å². The monoisotopic (exact) mass is 267 g/mol. The Hall–Kier alpha value is -2.45. The second-order valence-electron chi connectivity index (χ2n) is 4.08. The van der Waals surface area contributed by atoms with Crippen molar-refractivity contribution in [2.24, 2.45) is 0 Å². The van der Waals surface area contributed by atoms with Crippen molar-refractivity contribution in [3.8, 4) is 0 Å². The van der Waals surface area contributed by atoms with Gasteiger partial charge in [0.2, 0.25) is 0 Å². The smallest absolute Gasteiger partial charge is 0.324 e. The predicted molar refractivity (Wildman–Crippen MR) is 61.1 cm³/mol. The highest BCUT2D eigenvalue weighted by Crippen LogP contribution is 2.02. The van der Waals surface area contributed by atoms with Crippen LogP contribution in [0.4, 0.5) is 4.79 Å². The lowest BCUT2D eigenvalue weighted by atomic mass is 10.2. The van der Waals surface area contributed by atoms with Gasteiger partial charge >= 0.3 is 12.0 Å². The van der Waals surface area contributed by atoms with E-state index in [-0.39, 0.29) is 25.3 Å². The summed E-state index contributed by atoms with van der Waals surface area (Å²) in [6, 6.07) is -0.406. The third-order valence-electron chi connectivity index (χ3n) is 2.64. The van der Waals surface area contributed by atoms with Crippen LogP contribution in [0.3, 0.4) is 0 Å². The van der Waals surface area contributed by atoms with Crippen molar-refractivity contribution in [1.29, 1.82) is 0 Å². The van der Waals surface area contributed by atoms with Gasteiger partial charge < -0.3 is 10.4 Å². The highest BCUT2D eigenvalue weighted by molar-refractivity contribution is 5.95. The molecule has 1 fully saturated rings. The fourth-order valence-corrected chi connectivity index (χ4v) is 1.70. The van der Waals surface area contributed by atoms with E-state index in [2.05, 4.69) is 15.6 Å². The maximum absolute atomic E-state index is 11.8. The summed E-state index contributed by atoms with van der Waals surface area (Å²) in [5.74, 6) is -1.29. The number of imide groups is 1. The lowest BCUT2D eigenvalue weighted by molar-refractivity contribution is -0.137. The fourth-order valence-electron chi connectivity index (χ4n) is 1.70. The summed E-state index contributed by atoms with van der Waals surface area (Å²) >= 11 is 0. The standard InChI is InChI=1S/C10H13N5O4/c16-8(15-4-3-11-10(15)19)6-14-5-7(12-13-14)1-2-9(17)18/h5H,1-4,6H2,(H,11,19)(H,17,18). The molecule has 1 aliphatic heterocycles. The molecule has 0 unspecified atom stereocenters. The van der Waals surface area contributed by atoms with Crippen LogP contribution >= 0.6 is 0 Å². The minimum atomic E-state index is -0.917. The Kier molecular flexibility index (Phi) is 3.74. The third kappa shape index (κ3) is 3.27. The summed E-state index contributed by atoms with van der Waals surface area (Å²) in [6.07, 6.45) is 1.73. The van der Waals surface area contributed by atoms with Crippen LogP contribution in [0.5, 0.6) is 0 Å². The molecule has 0 spiro atoms. The number of aromatic nitrogens is 3. The molecule has 1 saturated heterocycles. The molecule has 0 aromatic carbocycles. The Bertz CT molecular complexity index is 512. The number of nitrogens with zero attached hydrogens (tertiary/aromatic N) is 4. The number of aryl methyl sites for hydroxylation is 1. The summed E-state index contributed by atoms with van der Waals surface area (Å²) in [4.78, 5) is 34.6. The van der Waals surface area contributed by atoms with Gasteiger partial charge in [-0.2, -0.15) is 0 Å². The first-order chi connectivity index (χ1) is 9.06. The molecule has 2 rings (SSSR count). The summed E-state index contributed by atoms with van der Waals surface area (Å²) < 4.78 is 1.30. The minimum Gasteiger partial charge on any atom is -0.481 e. The molecule has 19 heavy (non-hydrogen) atoms. The number of carboxylic acids is 1. The van der Waals surface area contributed by atoms with Crippen molar-refractivity contribution < 1.29 is 19.5 Å². The van der Waals surface area contributed by atoms with E-state index in [1.165, 1.54) is 10.9 Å². The van der Waals surface area contributed by atoms with Gasteiger partial charge in [-0.15, -0.1) is 5.10 Å². The predicted octanol–water partition coefficient (Wildman–Crippen LogP) is -1.15. The first kappa shape index (κ1) is 13.0. The minimum absolute atomic E-state index is 0.0405. The molecule has 0 aliphatic carbocycles. The van der Waals surface area contributed by atoms with Gasteiger partial charge in [0.05, 0.1) is 12.1 Å². The quantitative estimate of drug-likeness (QED) is 0.695. The van der Waals surface area contributed by atoms with E-state index < -0.39 is 12.0 Å². The molecule has 3 amide bonds. The Morgan fingerprint density at radius 2 is 2.26 bits per heavy atom. The molecule has 2 N–H and O–H groups in total. The van der Waals surface area contributed by atoms with Crippen molar-refractivity contribution in [1.82, 2.24) is 25.2 Å². The maximum Gasteiger partial charge on any atom is 0.324 e. The first-order valence-electron chi connectivity index (χ1n) is 5.75. The van der Waals surface area contributed by atoms with Crippen molar-refractivity contribution >= 4 is 17.9 Å². The lowest BCUT2D eigenvalue weighted by Crippen LogP contribution is -2.36. The van der Waals surface area contributed by atoms with Crippen LogP contribution in [0.15, 0.2) is 6.20 Å². The van der Waals surface area contributed by atoms with Gasteiger partial charge in [0.15, 0.2) is 0 Å². The SMILES string of the molecule is O=C(O)CCc1cn(CC(=O)N2CCNC2=O)nn1. The van der Waals surface area contributed by atoms with Crippen LogP contribution in [-0.4, -0.2) is 56.0 Å². The molecule has 9 nitrogen and oxygen atoms in total. The van der Waals surface area contributed by atoms with Crippen LogP contribution in [0, 0.1) is 0 Å². The second-order valence-corrected chi connectivity index (χ2v) is 4.08. The van der Waals surface area contributed by atoms with Crippen molar-refractivity contribution in [2.75, 3.05) is 13.1 Å². The van der Waals surface area contributed by atoms with E-state index in [1.807, 2.05) is 0 Å². The van der Waals surface area contributed by atoms with Gasteiger partial charge in [0, 0.05) is 25.7 Å². The molecular weight excluding hydrogens is 254 g/mol. The number of carbonyl (C=O) groups is 3. The number of carbonyl (C=O) groups excluding carboxylic acids is 2. The number of hydrogen-bond acceptors (Lipinski definition) is 5. The van der Waals surface area contributed by atoms with E-state index in [0.29, 0.717) is 18.8 Å². The first-order valence-corrected chi connectivity index (χ1v) is 5.75. The van der Waals surface area contributed by atoms with E-state index in [0.717, 1.165) is 4.90 Å². The number of urea groups is 1. The van der Waals surface area contributed by atoms with Gasteiger partial charge in [0.25, 0.3) is 5.91 Å². The zero-order valence-electron chi connectivity index (χ0n) is 10.1. The van der Waals surface area contributed by atoms with Crippen LogP contribution in [0.1, 0.15) is 12.1 Å². The largest absolute Gasteiger partial charge is 0.481 e. The topological polar surface area (TPSA) is 117 Å². The molecular formula is C10H13N5O4. The summed E-state index contributed by atoms with van der Waals surface area (Å²) in [6.45, 7) is 0.706. The number of carboxylic acid groups (broad SMARTS) is 1. The average molecular weight is 267 g/mol. The van der Waals surface area contributed by atoms with Crippen LogP contribution in [0.25, 0.3) is 0 Å². The normalized spacial score (nSPS) is 14.5. The maximum atomic E-state index is 11.8. The van der Waals surface area contributed by atoms with E-state index in [1.54, 1.807) is 0 Å². The van der Waals surface area contributed by atoms with E-state index >= 15 is 0 Å². The highest BCUT2D eigenvalue weighted by Gasteiger charge is 2.26. The Morgan fingerprint density at radius 1 is 1.47 bits per heavy atom. The Morgan fingerprint density at radius 3 is 2.89 bits per heavy atom. The molecule has 102 valence electrons. The fraction of sp³-hybridized carbons (Fsp3) is 0.500. The van der Waals surface area contributed by atoms with Gasteiger partial charge in [-0.1, -0.05) is 5.21 Å². The number of nitrogens with one attached hydrogen (secondary N) is 1. The van der Waals surface area contributed by atoms with Crippen LogP contribution < -0.4 is 5.32 Å². The van der Waals surface area contributed by atoms with Crippen LogP contribution in [-0.2, 0) is 22.6 Å². The van der Waals surface area contributed by atoms with E-state index in [4.69, 9.17) is 5.11 Å². The zero-order chi connectivity index (χ0) is 13.8. The molecule has 0 saturated carbocycles. The molecule has 2 heterocycles. The molecule has 1 aliphatic rings. The number of rotatable bonds is 5. The Labute approximate surface area is 108 Å². The summed E-state index contributed by atoms with van der Waals surface area (Å²) in [7, 11) is 0. The van der Waals surface area contributed by atoms with Gasteiger partial charge in [-0.3, -0.25) is 14.5 Å². The number of amides is 3.